The summed E-state index contributed by atoms with van der Waals surface area (Å²) >= 11 is 0. The highest BCUT2D eigenvalue weighted by Crippen LogP contribution is 2.52. The van der Waals surface area contributed by atoms with Gasteiger partial charge in [0.25, 0.3) is 0 Å². The molecule has 0 saturated carbocycles. The summed E-state index contributed by atoms with van der Waals surface area (Å²) in [6.45, 7) is 21.9. The molecule has 8 fully saturated rings. The van der Waals surface area contributed by atoms with Gasteiger partial charge in [0.15, 0.2) is 0 Å². The van der Waals surface area contributed by atoms with Crippen LogP contribution in [-0.4, -0.2) is 227 Å². The van der Waals surface area contributed by atoms with Crippen LogP contribution in [0.3, 0.4) is 0 Å². The van der Waals surface area contributed by atoms with Crippen molar-refractivity contribution in [2.24, 2.45) is 0 Å². The smallest absolute Gasteiger partial charge is 0.414 e. The van der Waals surface area contributed by atoms with Crippen LogP contribution in [0.5, 0.6) is 0 Å². The number of hydrogen-bond acceptors (Lipinski definition) is 15. The fourth-order valence-corrected chi connectivity index (χ4v) is 17.9. The van der Waals surface area contributed by atoms with Gasteiger partial charge in [-0.05, 0) is 221 Å². The van der Waals surface area contributed by atoms with Crippen molar-refractivity contribution in [2.45, 2.75) is 190 Å². The predicted molar refractivity (Wildman–Crippen MR) is 361 cm³/mol. The van der Waals surface area contributed by atoms with E-state index in [1.807, 2.05) is 32.6 Å². The lowest BCUT2D eigenvalue weighted by atomic mass is 9.73. The second-order valence-corrected chi connectivity index (χ2v) is 28.7. The molecule has 3 aromatic rings. The standard InChI is InChI=1S/C28H38FN3O5.C24H34FN3O4.C21H28FN3O3.H2/c1-2-12-36-27(34)32-20-4-5-21(32)16-22(15-20)30-10-8-28(9-11-30)18-31(25-6-3-19(29)14-24(25)28)26(33)37-23-7-13-35-17-23;1-3-15-32-23(30)28-17-24(20-16-18(25)5-6-21(20)28)9-13-26(14-10-24)19-7-11-27(12-8-19)22(29)31-4-2;1-3-28-20(27)24-9-6-17(13-24)23-10-7-21(8-11-23)14-25(15(2)26)19-5-4-16(22)12-18(19)21;/h3,6,14,20-23H,2,4-5,7-13,15-18H2,1H3;5-6,16,19H,3-4,7-15,17H2,1-2H3;4-5,12,17H,3,6-11,13-14H2,1-2H3;1H. The summed E-state index contributed by atoms with van der Waals surface area (Å²) in [6, 6.07) is 16.1. The number of hydrogen-bond donors (Lipinski definition) is 0. The number of amides is 6. The Labute approximate surface area is 570 Å². The van der Waals surface area contributed by atoms with Gasteiger partial charge in [0.05, 0.1) is 51.0 Å². The molecule has 97 heavy (non-hydrogen) atoms. The molecule has 0 N–H and O–H groups in total. The van der Waals surface area contributed by atoms with E-state index in [2.05, 4.69) is 14.7 Å². The SMILES string of the molecule is CCCOC(=O)N1C2CCC1CC(N1CCC3(CC1)CN(C(=O)OC1CCOC1)c1ccc(F)cc13)C2.CCCOC(=O)N1CC2(CCN(C3CCN(C(=O)OCC)CC3)CC2)c2cc(F)ccc21.CCOC(=O)N1CCC(N2CCC3(CC2)CN(C(C)=O)c2ccc(F)cc23)C1.[HH]. The summed E-state index contributed by atoms with van der Waals surface area (Å²) in [5, 5.41) is 0. The summed E-state index contributed by atoms with van der Waals surface area (Å²) in [7, 11) is 0. The van der Waals surface area contributed by atoms with Gasteiger partial charge in [0, 0.05) is 113 Å². The number of ether oxygens (including phenoxy) is 6. The van der Waals surface area contributed by atoms with Crippen molar-refractivity contribution >= 4 is 53.4 Å². The number of piperidine rings is 5. The van der Waals surface area contributed by atoms with Gasteiger partial charge in [-0.15, -0.1) is 0 Å². The molecule has 0 aromatic heterocycles. The van der Waals surface area contributed by atoms with E-state index in [-0.39, 0.29) is 89.7 Å². The molecule has 2 bridgehead atoms. The van der Waals surface area contributed by atoms with Gasteiger partial charge < -0.3 is 57.8 Å². The Morgan fingerprint density at radius 2 is 0.897 bits per heavy atom. The molecule has 21 nitrogen and oxygen atoms in total. The molecule has 6 amide bonds. The van der Waals surface area contributed by atoms with E-state index in [0.29, 0.717) is 90.4 Å². The number of anilines is 3. The second kappa shape index (κ2) is 30.3. The molecule has 11 aliphatic rings. The Hall–Kier alpha value is -6.89. The van der Waals surface area contributed by atoms with Crippen LogP contribution in [0.1, 0.15) is 155 Å². The van der Waals surface area contributed by atoms with Crippen LogP contribution in [0.4, 0.5) is 54.2 Å². The zero-order chi connectivity index (χ0) is 68.2. The van der Waals surface area contributed by atoms with E-state index in [4.69, 9.17) is 28.4 Å². The van der Waals surface area contributed by atoms with Crippen molar-refractivity contribution in [3.05, 3.63) is 88.7 Å². The van der Waals surface area contributed by atoms with E-state index in [1.54, 1.807) is 67.8 Å². The van der Waals surface area contributed by atoms with Gasteiger partial charge >= 0.3 is 30.5 Å². The average Bonchev–Trinajstić information content (AvgIpc) is 1.59. The number of nitrogens with zero attached hydrogens (tertiary/aromatic N) is 9. The lowest BCUT2D eigenvalue weighted by Gasteiger charge is -2.47. The van der Waals surface area contributed by atoms with Crippen LogP contribution in [0.2, 0.25) is 0 Å². The summed E-state index contributed by atoms with van der Waals surface area (Å²) in [6.07, 6.45) is 13.0. The number of rotatable bonds is 10. The molecular weight excluding hydrogens is 1250 g/mol. The monoisotopic (exact) mass is 1350 g/mol. The topological polar surface area (TPSA) is 187 Å². The first kappa shape index (κ1) is 70.0. The van der Waals surface area contributed by atoms with E-state index >= 15 is 0 Å². The zero-order valence-electron chi connectivity index (χ0n) is 57.5. The van der Waals surface area contributed by atoms with E-state index in [9.17, 15) is 41.9 Å². The van der Waals surface area contributed by atoms with Crippen LogP contribution in [0.25, 0.3) is 0 Å². The van der Waals surface area contributed by atoms with Gasteiger partial charge in [-0.1, -0.05) is 13.8 Å². The largest absolute Gasteiger partial charge is 0.450 e. The number of carbonyl (C=O) groups excluding carboxylic acids is 6. The highest BCUT2D eigenvalue weighted by atomic mass is 19.1. The third-order valence-electron chi connectivity index (χ3n) is 23.1. The Morgan fingerprint density at radius 1 is 0.474 bits per heavy atom. The molecule has 0 radical (unpaired) electrons. The highest BCUT2D eigenvalue weighted by Gasteiger charge is 2.53. The lowest BCUT2D eigenvalue weighted by Crippen LogP contribution is -2.55. The van der Waals surface area contributed by atoms with Crippen LogP contribution >= 0.6 is 0 Å². The maximum absolute atomic E-state index is 14.4. The Balaban J connectivity index is 0.000000150. The highest BCUT2D eigenvalue weighted by molar-refractivity contribution is 5.95. The molecule has 24 heteroatoms. The molecular formula is C73H102F3N9O12. The molecule has 11 aliphatic heterocycles. The molecule has 11 heterocycles. The molecule has 14 rings (SSSR count). The summed E-state index contributed by atoms with van der Waals surface area (Å²) < 4.78 is 74.7. The summed E-state index contributed by atoms with van der Waals surface area (Å²) in [5.41, 5.74) is 4.59. The van der Waals surface area contributed by atoms with Gasteiger partial charge in [-0.3, -0.25) is 19.5 Å². The molecule has 4 unspecified atom stereocenters. The van der Waals surface area contributed by atoms with Crippen LogP contribution < -0.4 is 14.7 Å². The Morgan fingerprint density at radius 3 is 1.36 bits per heavy atom. The van der Waals surface area contributed by atoms with E-state index in [0.717, 1.165) is 189 Å². The fourth-order valence-electron chi connectivity index (χ4n) is 17.9. The molecule has 4 atom stereocenters. The van der Waals surface area contributed by atoms with Crippen molar-refractivity contribution in [3.8, 4) is 0 Å². The van der Waals surface area contributed by atoms with Crippen LogP contribution in [-0.2, 0) is 49.5 Å². The third-order valence-corrected chi connectivity index (χ3v) is 23.1. The van der Waals surface area contributed by atoms with Crippen molar-refractivity contribution in [1.82, 2.24) is 29.4 Å². The minimum absolute atomic E-state index is 0. The van der Waals surface area contributed by atoms with Gasteiger partial charge in [0.2, 0.25) is 5.91 Å². The third kappa shape index (κ3) is 14.7. The summed E-state index contributed by atoms with van der Waals surface area (Å²) in [5.74, 6) is -0.764. The maximum atomic E-state index is 14.4. The first-order valence-electron chi connectivity index (χ1n) is 36.1. The molecule has 3 spiro atoms. The number of fused-ring (bicyclic) bond motifs is 8. The number of likely N-dealkylation sites (tertiary alicyclic amines) is 5. The normalized spacial score (nSPS) is 25.5. The molecule has 0 aliphatic carbocycles. The van der Waals surface area contributed by atoms with Crippen molar-refractivity contribution in [1.29, 1.82) is 0 Å². The number of benzene rings is 3. The molecule has 532 valence electrons. The fraction of sp³-hybridized carbons (Fsp3) is 0.671. The van der Waals surface area contributed by atoms with Gasteiger partial charge in [-0.2, -0.15) is 0 Å². The minimum atomic E-state index is -0.360. The van der Waals surface area contributed by atoms with Gasteiger partial charge in [0.1, 0.15) is 23.6 Å². The first-order valence-corrected chi connectivity index (χ1v) is 36.1. The van der Waals surface area contributed by atoms with E-state index in [1.165, 1.54) is 18.2 Å². The maximum Gasteiger partial charge on any atom is 0.414 e. The minimum Gasteiger partial charge on any atom is -0.450 e. The molecule has 8 saturated heterocycles. The lowest BCUT2D eigenvalue weighted by molar-refractivity contribution is -0.116. The molecule has 3 aromatic carbocycles. The predicted octanol–water partition coefficient (Wildman–Crippen LogP) is 11.6. The van der Waals surface area contributed by atoms with Crippen LogP contribution in [0, 0.1) is 17.5 Å². The van der Waals surface area contributed by atoms with E-state index < -0.39 is 0 Å². The number of halogens is 3. The van der Waals surface area contributed by atoms with Crippen LogP contribution in [0.15, 0.2) is 54.6 Å². The first-order chi connectivity index (χ1) is 46.9. The summed E-state index contributed by atoms with van der Waals surface area (Å²) in [4.78, 5) is 92.8. The van der Waals surface area contributed by atoms with Crippen molar-refractivity contribution in [2.75, 3.05) is 139 Å². The van der Waals surface area contributed by atoms with Crippen molar-refractivity contribution in [3.63, 3.8) is 0 Å². The average molecular weight is 1350 g/mol. The Kier molecular flexibility index (Phi) is 21.9. The van der Waals surface area contributed by atoms with Gasteiger partial charge in [-0.25, -0.2) is 37.1 Å². The quantitative estimate of drug-likeness (QED) is 0.174. The van der Waals surface area contributed by atoms with Crippen molar-refractivity contribution < 1.29 is 71.8 Å². The zero-order valence-corrected chi connectivity index (χ0v) is 57.5. The number of carbonyl (C=O) groups is 6. The second-order valence-electron chi connectivity index (χ2n) is 28.7. The Bertz CT molecular complexity index is 3300.